The normalized spacial score (nSPS) is 15.2. The molecule has 0 aromatic carbocycles. The zero-order valence-corrected chi connectivity index (χ0v) is 15.0. The number of nitrogens with one attached hydrogen (secondary N) is 1. The molecule has 0 saturated heterocycles. The summed E-state index contributed by atoms with van der Waals surface area (Å²) >= 11 is 1.73. The summed E-state index contributed by atoms with van der Waals surface area (Å²) in [5.41, 5.74) is 1.09. The van der Waals surface area contributed by atoms with Gasteiger partial charge in [0.05, 0.1) is 23.9 Å². The van der Waals surface area contributed by atoms with E-state index in [0.29, 0.717) is 6.54 Å². The van der Waals surface area contributed by atoms with E-state index in [-0.39, 0.29) is 0 Å². The summed E-state index contributed by atoms with van der Waals surface area (Å²) in [7, 11) is 2.06. The fraction of sp³-hybridized carbons (Fsp3) is 0.750. The van der Waals surface area contributed by atoms with Gasteiger partial charge in [-0.05, 0) is 39.5 Å². The number of aromatic nitrogens is 1. The Kier molecular flexibility index (Phi) is 6.64. The van der Waals surface area contributed by atoms with Crippen LogP contribution in [0.25, 0.3) is 0 Å². The van der Waals surface area contributed by atoms with Crippen LogP contribution in [0.2, 0.25) is 0 Å². The van der Waals surface area contributed by atoms with Gasteiger partial charge in [-0.3, -0.25) is 0 Å². The quantitative estimate of drug-likeness (QED) is 0.454. The van der Waals surface area contributed by atoms with Gasteiger partial charge in [-0.15, -0.1) is 11.3 Å². The zero-order chi connectivity index (χ0) is 15.9. The first-order valence-electron chi connectivity index (χ1n) is 8.10. The van der Waals surface area contributed by atoms with Crippen molar-refractivity contribution >= 4 is 17.3 Å². The number of nitrogens with zero attached hydrogens (tertiary/aromatic N) is 3. The van der Waals surface area contributed by atoms with Crippen molar-refractivity contribution in [2.75, 3.05) is 33.4 Å². The average Bonchev–Trinajstić information content (AvgIpc) is 3.24. The highest BCUT2D eigenvalue weighted by Crippen LogP contribution is 2.28. The molecule has 1 N–H and O–H groups in total. The highest BCUT2D eigenvalue weighted by Gasteiger charge is 2.21. The van der Waals surface area contributed by atoms with E-state index in [1.54, 1.807) is 11.3 Å². The Morgan fingerprint density at radius 1 is 1.45 bits per heavy atom. The van der Waals surface area contributed by atoms with Crippen LogP contribution in [-0.2, 0) is 11.3 Å². The summed E-state index contributed by atoms with van der Waals surface area (Å²) < 4.78 is 5.71. The Morgan fingerprint density at radius 3 is 2.82 bits per heavy atom. The molecule has 124 valence electrons. The molecule has 1 saturated carbocycles. The van der Waals surface area contributed by atoms with Crippen molar-refractivity contribution in [2.24, 2.45) is 10.9 Å². The Balaban J connectivity index is 1.83. The second kappa shape index (κ2) is 8.48. The minimum Gasteiger partial charge on any atom is -0.379 e. The summed E-state index contributed by atoms with van der Waals surface area (Å²) in [5.74, 6) is 1.76. The van der Waals surface area contributed by atoms with Gasteiger partial charge in [0.1, 0.15) is 0 Å². The van der Waals surface area contributed by atoms with Gasteiger partial charge in [-0.2, -0.15) is 0 Å². The van der Waals surface area contributed by atoms with Crippen molar-refractivity contribution in [1.82, 2.24) is 15.2 Å². The summed E-state index contributed by atoms with van der Waals surface area (Å²) in [6.07, 6.45) is 2.68. The van der Waals surface area contributed by atoms with E-state index in [1.165, 1.54) is 17.7 Å². The third kappa shape index (κ3) is 5.57. The number of aryl methyl sites for hydroxylation is 2. The summed E-state index contributed by atoms with van der Waals surface area (Å²) in [6.45, 7) is 10.3. The van der Waals surface area contributed by atoms with Crippen LogP contribution in [0.3, 0.4) is 0 Å². The van der Waals surface area contributed by atoms with Crippen molar-refractivity contribution in [3.8, 4) is 0 Å². The van der Waals surface area contributed by atoms with Gasteiger partial charge in [0, 0.05) is 31.6 Å². The molecule has 6 heteroatoms. The van der Waals surface area contributed by atoms with Crippen LogP contribution in [-0.4, -0.2) is 49.2 Å². The van der Waals surface area contributed by atoms with Crippen LogP contribution in [0.5, 0.6) is 0 Å². The number of hydrogen-bond acceptors (Lipinski definition) is 4. The maximum Gasteiger partial charge on any atom is 0.194 e. The van der Waals surface area contributed by atoms with Gasteiger partial charge in [0.15, 0.2) is 5.96 Å². The molecular formula is C16H28N4OS. The number of ether oxygens (including phenoxy) is 1. The van der Waals surface area contributed by atoms with Crippen LogP contribution in [0.4, 0.5) is 0 Å². The Bertz CT molecular complexity index is 496. The second-order valence-corrected chi connectivity index (χ2v) is 7.14. The van der Waals surface area contributed by atoms with Gasteiger partial charge < -0.3 is 15.0 Å². The van der Waals surface area contributed by atoms with E-state index in [0.717, 1.165) is 48.9 Å². The van der Waals surface area contributed by atoms with E-state index >= 15 is 0 Å². The molecule has 1 aliphatic rings. The predicted octanol–water partition coefficient (Wildman–Crippen LogP) is 2.58. The van der Waals surface area contributed by atoms with Crippen molar-refractivity contribution in [3.63, 3.8) is 0 Å². The van der Waals surface area contributed by atoms with E-state index in [4.69, 9.17) is 9.73 Å². The molecule has 0 atom stereocenters. The molecule has 5 nitrogen and oxygen atoms in total. The maximum atomic E-state index is 5.71. The SMILES string of the molecule is CCNC(=NCc1sc(C)nc1C)N(C)CCOCC1CC1. The molecule has 22 heavy (non-hydrogen) atoms. The molecule has 1 heterocycles. The number of guanidine groups is 1. The summed E-state index contributed by atoms with van der Waals surface area (Å²) in [5, 5.41) is 4.45. The molecule has 0 unspecified atom stereocenters. The van der Waals surface area contributed by atoms with Gasteiger partial charge in [0.2, 0.25) is 0 Å². The van der Waals surface area contributed by atoms with Crippen molar-refractivity contribution < 1.29 is 4.74 Å². The van der Waals surface area contributed by atoms with Crippen molar-refractivity contribution in [3.05, 3.63) is 15.6 Å². The Hall–Kier alpha value is -1.14. The molecule has 1 fully saturated rings. The molecular weight excluding hydrogens is 296 g/mol. The van der Waals surface area contributed by atoms with Crippen LogP contribution in [0, 0.1) is 19.8 Å². The molecule has 0 radical (unpaired) electrons. The lowest BCUT2D eigenvalue weighted by molar-refractivity contribution is 0.115. The van der Waals surface area contributed by atoms with E-state index in [9.17, 15) is 0 Å². The maximum absolute atomic E-state index is 5.71. The molecule has 0 amide bonds. The summed E-state index contributed by atoms with van der Waals surface area (Å²) in [4.78, 5) is 12.6. The molecule has 2 rings (SSSR count). The van der Waals surface area contributed by atoms with Gasteiger partial charge in [-0.25, -0.2) is 9.98 Å². The number of aliphatic imine (C=N–C) groups is 1. The van der Waals surface area contributed by atoms with Crippen molar-refractivity contribution in [1.29, 1.82) is 0 Å². The number of hydrogen-bond donors (Lipinski definition) is 1. The lowest BCUT2D eigenvalue weighted by Crippen LogP contribution is -2.40. The Labute approximate surface area is 137 Å². The fourth-order valence-corrected chi connectivity index (χ4v) is 3.04. The fourth-order valence-electron chi connectivity index (χ4n) is 2.18. The second-order valence-electron chi connectivity index (χ2n) is 5.85. The highest BCUT2D eigenvalue weighted by atomic mass is 32.1. The first-order chi connectivity index (χ1) is 10.6. The van der Waals surface area contributed by atoms with E-state index in [1.807, 2.05) is 6.92 Å². The average molecular weight is 324 g/mol. The number of thiazole rings is 1. The third-order valence-corrected chi connectivity index (χ3v) is 4.75. The van der Waals surface area contributed by atoms with Gasteiger partial charge in [0.25, 0.3) is 0 Å². The molecule has 1 aromatic heterocycles. The standard InChI is InChI=1S/C16H28N4OS/c1-5-17-16(18-10-15-12(2)19-13(3)22-15)20(4)8-9-21-11-14-6-7-14/h14H,5-11H2,1-4H3,(H,17,18). The lowest BCUT2D eigenvalue weighted by Gasteiger charge is -2.22. The minimum absolute atomic E-state index is 0.687. The zero-order valence-electron chi connectivity index (χ0n) is 14.2. The smallest absolute Gasteiger partial charge is 0.194 e. The molecule has 1 aliphatic carbocycles. The first kappa shape index (κ1) is 17.2. The van der Waals surface area contributed by atoms with E-state index < -0.39 is 0 Å². The van der Waals surface area contributed by atoms with E-state index in [2.05, 4.69) is 36.1 Å². The van der Waals surface area contributed by atoms with Crippen molar-refractivity contribution in [2.45, 2.75) is 40.2 Å². The minimum atomic E-state index is 0.687. The van der Waals surface area contributed by atoms with Crippen LogP contribution in [0.1, 0.15) is 35.3 Å². The highest BCUT2D eigenvalue weighted by molar-refractivity contribution is 7.11. The number of likely N-dealkylation sites (N-methyl/N-ethyl adjacent to an activating group) is 1. The van der Waals surface area contributed by atoms with Gasteiger partial charge >= 0.3 is 0 Å². The lowest BCUT2D eigenvalue weighted by atomic mass is 10.4. The predicted molar refractivity (Wildman–Crippen MR) is 92.6 cm³/mol. The monoisotopic (exact) mass is 324 g/mol. The number of rotatable bonds is 8. The molecule has 0 spiro atoms. The third-order valence-electron chi connectivity index (χ3n) is 3.69. The van der Waals surface area contributed by atoms with Crippen LogP contribution < -0.4 is 5.32 Å². The van der Waals surface area contributed by atoms with Crippen LogP contribution in [0.15, 0.2) is 4.99 Å². The first-order valence-corrected chi connectivity index (χ1v) is 8.92. The van der Waals surface area contributed by atoms with Crippen LogP contribution >= 0.6 is 11.3 Å². The topological polar surface area (TPSA) is 49.8 Å². The Morgan fingerprint density at radius 2 is 2.23 bits per heavy atom. The van der Waals surface area contributed by atoms with Gasteiger partial charge in [-0.1, -0.05) is 0 Å². The molecule has 0 aliphatic heterocycles. The molecule has 0 bridgehead atoms. The largest absolute Gasteiger partial charge is 0.379 e. The summed E-state index contributed by atoms with van der Waals surface area (Å²) in [6, 6.07) is 0. The molecule has 1 aromatic rings.